The highest BCUT2D eigenvalue weighted by Gasteiger charge is 2.33. The second-order valence-corrected chi connectivity index (χ2v) is 14.0. The number of alkyl carbamates (subject to hydrolysis) is 1. The molecule has 12 heteroatoms. The highest BCUT2D eigenvalue weighted by atomic mass is 16.6. The van der Waals surface area contributed by atoms with Gasteiger partial charge in [-0.3, -0.25) is 14.4 Å². The lowest BCUT2D eigenvalue weighted by atomic mass is 9.99. The molecule has 266 valence electrons. The monoisotopic (exact) mass is 677 g/mol. The van der Waals surface area contributed by atoms with Gasteiger partial charge in [0.1, 0.15) is 29.8 Å². The van der Waals surface area contributed by atoms with Gasteiger partial charge in [0.05, 0.1) is 7.11 Å². The predicted octanol–water partition coefficient (Wildman–Crippen LogP) is 4.18. The van der Waals surface area contributed by atoms with Gasteiger partial charge in [0.2, 0.25) is 17.7 Å². The zero-order valence-electron chi connectivity index (χ0n) is 29.7. The largest absolute Gasteiger partial charge is 0.467 e. The van der Waals surface area contributed by atoms with E-state index in [2.05, 4.69) is 26.3 Å². The number of hydrogen-bond acceptors (Lipinski definition) is 7. The summed E-state index contributed by atoms with van der Waals surface area (Å²) in [6, 6.07) is 12.5. The molecule has 0 aliphatic rings. The third-order valence-electron chi connectivity index (χ3n) is 7.78. The molecular formula is C37H51N5O7. The van der Waals surface area contributed by atoms with Gasteiger partial charge in [-0.2, -0.15) is 0 Å². The molecule has 12 nitrogen and oxygen atoms in total. The van der Waals surface area contributed by atoms with E-state index in [9.17, 15) is 24.0 Å². The third-order valence-corrected chi connectivity index (χ3v) is 7.78. The van der Waals surface area contributed by atoms with Crippen molar-refractivity contribution in [2.24, 2.45) is 11.8 Å². The Morgan fingerprint density at radius 3 is 1.90 bits per heavy atom. The van der Waals surface area contributed by atoms with E-state index in [0.717, 1.165) is 22.0 Å². The van der Waals surface area contributed by atoms with Gasteiger partial charge in [-0.05, 0) is 56.2 Å². The molecule has 0 fully saturated rings. The molecule has 0 radical (unpaired) electrons. The molecule has 0 aliphatic carbocycles. The maximum atomic E-state index is 14.1. The van der Waals surface area contributed by atoms with Crippen LogP contribution in [-0.4, -0.2) is 71.6 Å². The van der Waals surface area contributed by atoms with Crippen LogP contribution < -0.4 is 21.3 Å². The molecule has 3 rings (SSSR count). The maximum Gasteiger partial charge on any atom is 0.408 e. The lowest BCUT2D eigenvalue weighted by Gasteiger charge is -2.28. The van der Waals surface area contributed by atoms with Crippen LogP contribution in [0.4, 0.5) is 4.79 Å². The fourth-order valence-corrected chi connectivity index (χ4v) is 5.36. The molecule has 4 amide bonds. The van der Waals surface area contributed by atoms with Crippen molar-refractivity contribution in [2.75, 3.05) is 7.11 Å². The SMILES string of the molecule is COC(=O)C(NC(=O)C(Cc1c[nH]c2ccccc12)NC(=O)C(Cc1ccccc1)NC(=O)C(CC(C)C)NC(=O)OC(C)(C)C)C(C)C. The summed E-state index contributed by atoms with van der Waals surface area (Å²) in [5.41, 5.74) is 1.63. The third kappa shape index (κ3) is 12.0. The number of ether oxygens (including phenoxy) is 2. The summed E-state index contributed by atoms with van der Waals surface area (Å²) in [5, 5.41) is 12.0. The number of nitrogens with one attached hydrogen (secondary N) is 5. The number of hydrogen-bond donors (Lipinski definition) is 5. The fourth-order valence-electron chi connectivity index (χ4n) is 5.36. The Morgan fingerprint density at radius 1 is 0.735 bits per heavy atom. The van der Waals surface area contributed by atoms with Crippen LogP contribution in [0.15, 0.2) is 60.8 Å². The number of carbonyl (C=O) groups excluding carboxylic acids is 5. The van der Waals surface area contributed by atoms with E-state index in [1.54, 1.807) is 40.8 Å². The van der Waals surface area contributed by atoms with Crippen LogP contribution >= 0.6 is 0 Å². The van der Waals surface area contributed by atoms with Gasteiger partial charge in [-0.15, -0.1) is 0 Å². The van der Waals surface area contributed by atoms with Crippen LogP contribution in [0.1, 0.15) is 66.0 Å². The number of amides is 4. The van der Waals surface area contributed by atoms with Crippen LogP contribution in [-0.2, 0) is 41.5 Å². The van der Waals surface area contributed by atoms with Crippen LogP contribution in [0.25, 0.3) is 10.9 Å². The lowest BCUT2D eigenvalue weighted by Crippen LogP contribution is -2.59. The van der Waals surface area contributed by atoms with Gasteiger partial charge in [0, 0.05) is 29.9 Å². The number of aromatic nitrogens is 1. The first kappa shape index (κ1) is 38.6. The Labute approximate surface area is 288 Å². The van der Waals surface area contributed by atoms with Crippen molar-refractivity contribution in [3.05, 3.63) is 71.9 Å². The summed E-state index contributed by atoms with van der Waals surface area (Å²) < 4.78 is 10.3. The van der Waals surface area contributed by atoms with Crippen molar-refractivity contribution in [1.82, 2.24) is 26.3 Å². The zero-order chi connectivity index (χ0) is 36.3. The Hall–Kier alpha value is -4.87. The summed E-state index contributed by atoms with van der Waals surface area (Å²) in [6.07, 6.45) is 1.52. The second kappa shape index (κ2) is 17.5. The first-order valence-corrected chi connectivity index (χ1v) is 16.6. The highest BCUT2D eigenvalue weighted by molar-refractivity contribution is 5.95. The Kier molecular flexibility index (Phi) is 13.8. The quantitative estimate of drug-likeness (QED) is 0.151. The molecule has 4 unspecified atom stereocenters. The van der Waals surface area contributed by atoms with Crippen LogP contribution in [0.2, 0.25) is 0 Å². The summed E-state index contributed by atoms with van der Waals surface area (Å²) in [4.78, 5) is 70.1. The topological polar surface area (TPSA) is 168 Å². The van der Waals surface area contributed by atoms with E-state index in [-0.39, 0.29) is 24.7 Å². The first-order chi connectivity index (χ1) is 23.1. The maximum absolute atomic E-state index is 14.1. The average molecular weight is 678 g/mol. The number of H-pyrrole nitrogens is 1. The van der Waals surface area contributed by atoms with Crippen LogP contribution in [0.5, 0.6) is 0 Å². The molecule has 0 saturated heterocycles. The molecule has 0 aliphatic heterocycles. The molecule has 0 saturated carbocycles. The fraction of sp³-hybridized carbons (Fsp3) is 0.486. The number of benzene rings is 2. The minimum absolute atomic E-state index is 0.0278. The van der Waals surface area contributed by atoms with Crippen molar-refractivity contribution in [3.63, 3.8) is 0 Å². The zero-order valence-corrected chi connectivity index (χ0v) is 29.7. The lowest BCUT2D eigenvalue weighted by molar-refractivity contribution is -0.146. The summed E-state index contributed by atoms with van der Waals surface area (Å²) in [6.45, 7) is 12.6. The summed E-state index contributed by atoms with van der Waals surface area (Å²) in [5.74, 6) is -2.64. The minimum Gasteiger partial charge on any atom is -0.467 e. The second-order valence-electron chi connectivity index (χ2n) is 14.0. The standard InChI is InChI=1S/C37H51N5O7/c1-22(2)18-28(41-36(47)49-37(5,6)7)32(43)39-29(19-24-14-10-9-11-15-24)33(44)40-30(34(45)42-31(23(3)4)35(46)48-8)20-25-21-38-27-17-13-12-16-26(25)27/h9-17,21-23,28-31,38H,18-20H2,1-8H3,(H,39,43)(H,40,44)(H,41,47)(H,42,45). The van der Waals surface area contributed by atoms with Crippen molar-refractivity contribution in [1.29, 1.82) is 0 Å². The molecule has 2 aromatic carbocycles. The number of carbonyl (C=O) groups is 5. The Balaban J connectivity index is 1.94. The number of fused-ring (bicyclic) bond motifs is 1. The van der Waals surface area contributed by atoms with Gasteiger partial charge in [-0.1, -0.05) is 76.2 Å². The van der Waals surface area contributed by atoms with E-state index in [4.69, 9.17) is 9.47 Å². The number of rotatable bonds is 15. The molecule has 49 heavy (non-hydrogen) atoms. The highest BCUT2D eigenvalue weighted by Crippen LogP contribution is 2.20. The molecule has 0 bridgehead atoms. The first-order valence-electron chi connectivity index (χ1n) is 16.6. The predicted molar refractivity (Wildman–Crippen MR) is 187 cm³/mol. The molecule has 0 spiro atoms. The van der Waals surface area contributed by atoms with Crippen LogP contribution in [0.3, 0.4) is 0 Å². The molecule has 5 N–H and O–H groups in total. The normalized spacial score (nSPS) is 14.0. The van der Waals surface area contributed by atoms with E-state index in [1.807, 2.05) is 68.4 Å². The number of methoxy groups -OCH3 is 1. The molecular weight excluding hydrogens is 626 g/mol. The van der Waals surface area contributed by atoms with Gasteiger partial charge >= 0.3 is 12.1 Å². The molecule has 1 aromatic heterocycles. The van der Waals surface area contributed by atoms with Gasteiger partial charge in [-0.25, -0.2) is 9.59 Å². The number of para-hydroxylation sites is 1. The van der Waals surface area contributed by atoms with E-state index < -0.39 is 59.6 Å². The van der Waals surface area contributed by atoms with Gasteiger partial charge < -0.3 is 35.7 Å². The molecule has 4 atom stereocenters. The van der Waals surface area contributed by atoms with Crippen LogP contribution in [0, 0.1) is 11.8 Å². The van der Waals surface area contributed by atoms with E-state index in [0.29, 0.717) is 6.42 Å². The average Bonchev–Trinajstić information content (AvgIpc) is 3.44. The summed E-state index contributed by atoms with van der Waals surface area (Å²) >= 11 is 0. The van der Waals surface area contributed by atoms with Crippen molar-refractivity contribution >= 4 is 40.7 Å². The Morgan fingerprint density at radius 2 is 1.31 bits per heavy atom. The van der Waals surface area contributed by atoms with Gasteiger partial charge in [0.25, 0.3) is 0 Å². The molecule has 3 aromatic rings. The summed E-state index contributed by atoms with van der Waals surface area (Å²) in [7, 11) is 1.25. The smallest absolute Gasteiger partial charge is 0.408 e. The van der Waals surface area contributed by atoms with Gasteiger partial charge in [0.15, 0.2) is 0 Å². The van der Waals surface area contributed by atoms with E-state index in [1.165, 1.54) is 7.11 Å². The number of esters is 1. The van der Waals surface area contributed by atoms with Crippen molar-refractivity contribution in [3.8, 4) is 0 Å². The number of aromatic amines is 1. The van der Waals surface area contributed by atoms with Crippen molar-refractivity contribution < 1.29 is 33.4 Å². The minimum atomic E-state index is -1.13. The Bertz CT molecular complexity index is 1580. The van der Waals surface area contributed by atoms with Crippen molar-refractivity contribution in [2.45, 2.75) is 97.5 Å². The van der Waals surface area contributed by atoms with E-state index >= 15 is 0 Å². The molecule has 1 heterocycles.